The molecule has 2 heterocycles. The van der Waals surface area contributed by atoms with E-state index in [9.17, 15) is 13.2 Å². The zero-order valence-corrected chi connectivity index (χ0v) is 11.1. The van der Waals surface area contributed by atoms with Crippen LogP contribution in [0.1, 0.15) is 30.3 Å². The molecule has 0 saturated heterocycles. The molecular formula is C12H13F3N2S. The maximum atomic E-state index is 12.6. The second-order valence-electron chi connectivity index (χ2n) is 4.39. The molecule has 2 aromatic heterocycles. The Kier molecular flexibility index (Phi) is 3.23. The lowest BCUT2D eigenvalue weighted by molar-refractivity contribution is -0.141. The standard InChI is InChI=1S/C12H13F3N2S/c1-7(2)9-4-5-10(18-9)8-6-11(12(13,14)15)16-17(8)3/h4-7H,1-3H3. The van der Waals surface area contributed by atoms with E-state index in [0.717, 1.165) is 15.8 Å². The van der Waals surface area contributed by atoms with Gasteiger partial charge in [0, 0.05) is 11.9 Å². The Balaban J connectivity index is 2.41. The number of alkyl halides is 3. The minimum atomic E-state index is -4.39. The van der Waals surface area contributed by atoms with Crippen LogP contribution in [0.4, 0.5) is 13.2 Å². The van der Waals surface area contributed by atoms with E-state index in [4.69, 9.17) is 0 Å². The quantitative estimate of drug-likeness (QED) is 0.798. The van der Waals surface area contributed by atoms with Gasteiger partial charge >= 0.3 is 6.18 Å². The average molecular weight is 274 g/mol. The Morgan fingerprint density at radius 3 is 2.39 bits per heavy atom. The van der Waals surface area contributed by atoms with E-state index in [-0.39, 0.29) is 0 Å². The molecule has 98 valence electrons. The molecule has 0 radical (unpaired) electrons. The molecule has 0 bridgehead atoms. The molecular weight excluding hydrogens is 261 g/mol. The predicted molar refractivity (Wildman–Crippen MR) is 65.6 cm³/mol. The number of aromatic nitrogens is 2. The van der Waals surface area contributed by atoms with Crippen LogP contribution in [-0.4, -0.2) is 9.78 Å². The molecule has 0 saturated carbocycles. The second-order valence-corrected chi connectivity index (χ2v) is 5.51. The third-order valence-electron chi connectivity index (χ3n) is 2.62. The molecule has 0 aliphatic carbocycles. The fourth-order valence-electron chi connectivity index (χ4n) is 1.64. The highest BCUT2D eigenvalue weighted by Crippen LogP contribution is 2.35. The first-order chi connectivity index (χ1) is 8.29. The first-order valence-electron chi connectivity index (χ1n) is 5.50. The van der Waals surface area contributed by atoms with Crippen LogP contribution >= 0.6 is 11.3 Å². The first kappa shape index (κ1) is 13.1. The Morgan fingerprint density at radius 2 is 1.94 bits per heavy atom. The number of nitrogens with zero attached hydrogens (tertiary/aromatic N) is 2. The SMILES string of the molecule is CC(C)c1ccc(-c2cc(C(F)(F)F)nn2C)s1. The van der Waals surface area contributed by atoms with Crippen LogP contribution in [0.2, 0.25) is 0 Å². The Labute approximate surface area is 107 Å². The molecule has 2 aromatic rings. The third kappa shape index (κ3) is 2.43. The molecule has 18 heavy (non-hydrogen) atoms. The van der Waals surface area contributed by atoms with Gasteiger partial charge in [-0.1, -0.05) is 13.8 Å². The molecule has 2 nitrogen and oxygen atoms in total. The van der Waals surface area contributed by atoms with Crippen molar-refractivity contribution in [2.24, 2.45) is 7.05 Å². The molecule has 6 heteroatoms. The van der Waals surface area contributed by atoms with Crippen LogP contribution in [-0.2, 0) is 13.2 Å². The van der Waals surface area contributed by atoms with Crippen LogP contribution in [0.15, 0.2) is 18.2 Å². The third-order valence-corrected chi connectivity index (χ3v) is 4.03. The number of hydrogen-bond donors (Lipinski definition) is 0. The van der Waals surface area contributed by atoms with E-state index in [2.05, 4.69) is 18.9 Å². The fraction of sp³-hybridized carbons (Fsp3) is 0.417. The highest BCUT2D eigenvalue weighted by Gasteiger charge is 2.34. The lowest BCUT2D eigenvalue weighted by Crippen LogP contribution is -2.06. The van der Waals surface area contributed by atoms with Crippen molar-refractivity contribution in [1.82, 2.24) is 9.78 Å². The van der Waals surface area contributed by atoms with Gasteiger partial charge < -0.3 is 0 Å². The zero-order chi connectivity index (χ0) is 13.5. The van der Waals surface area contributed by atoms with Crippen LogP contribution in [0, 0.1) is 0 Å². The molecule has 0 aliphatic rings. The molecule has 0 aliphatic heterocycles. The summed E-state index contributed by atoms with van der Waals surface area (Å²) in [5.41, 5.74) is -0.348. The van der Waals surface area contributed by atoms with E-state index >= 15 is 0 Å². The van der Waals surface area contributed by atoms with Gasteiger partial charge in [0.15, 0.2) is 5.69 Å². The number of halogens is 3. The van der Waals surface area contributed by atoms with Crippen molar-refractivity contribution in [3.63, 3.8) is 0 Å². The van der Waals surface area contributed by atoms with Crippen molar-refractivity contribution in [2.45, 2.75) is 25.9 Å². The molecule has 0 spiro atoms. The molecule has 0 unspecified atom stereocenters. The monoisotopic (exact) mass is 274 g/mol. The number of hydrogen-bond acceptors (Lipinski definition) is 2. The Hall–Kier alpha value is -1.30. The molecule has 2 rings (SSSR count). The van der Waals surface area contributed by atoms with Crippen molar-refractivity contribution >= 4 is 11.3 Å². The summed E-state index contributed by atoms with van der Waals surface area (Å²) in [6.07, 6.45) is -4.39. The maximum Gasteiger partial charge on any atom is 0.435 e. The predicted octanol–water partition coefficient (Wildman–Crippen LogP) is 4.29. The van der Waals surface area contributed by atoms with Crippen LogP contribution in [0.3, 0.4) is 0 Å². The van der Waals surface area contributed by atoms with Gasteiger partial charge in [0.2, 0.25) is 0 Å². The minimum Gasteiger partial charge on any atom is -0.267 e. The Bertz CT molecular complexity index is 552. The van der Waals surface area contributed by atoms with Gasteiger partial charge in [-0.2, -0.15) is 18.3 Å². The summed E-state index contributed by atoms with van der Waals surface area (Å²) >= 11 is 1.50. The molecule has 0 aromatic carbocycles. The largest absolute Gasteiger partial charge is 0.435 e. The van der Waals surface area contributed by atoms with Crippen molar-refractivity contribution < 1.29 is 13.2 Å². The highest BCUT2D eigenvalue weighted by molar-refractivity contribution is 7.15. The van der Waals surface area contributed by atoms with Gasteiger partial charge in [-0.05, 0) is 24.1 Å². The van der Waals surface area contributed by atoms with E-state index in [0.29, 0.717) is 11.6 Å². The lowest BCUT2D eigenvalue weighted by atomic mass is 10.2. The molecule has 0 fully saturated rings. The van der Waals surface area contributed by atoms with E-state index in [1.165, 1.54) is 23.1 Å². The second kappa shape index (κ2) is 4.42. The fourth-order valence-corrected chi connectivity index (χ4v) is 2.69. The highest BCUT2D eigenvalue weighted by atomic mass is 32.1. The van der Waals surface area contributed by atoms with Gasteiger partial charge in [-0.3, -0.25) is 4.68 Å². The summed E-state index contributed by atoms with van der Waals surface area (Å²) in [4.78, 5) is 1.96. The van der Waals surface area contributed by atoms with Gasteiger partial charge in [-0.25, -0.2) is 0 Å². The van der Waals surface area contributed by atoms with E-state index in [1.54, 1.807) is 0 Å². The summed E-state index contributed by atoms with van der Waals surface area (Å²) in [7, 11) is 1.53. The van der Waals surface area contributed by atoms with Crippen LogP contribution in [0.25, 0.3) is 10.6 Å². The van der Waals surface area contributed by atoms with Crippen molar-refractivity contribution in [3.8, 4) is 10.6 Å². The average Bonchev–Trinajstić information content (AvgIpc) is 2.81. The van der Waals surface area contributed by atoms with Crippen molar-refractivity contribution in [3.05, 3.63) is 28.8 Å². The maximum absolute atomic E-state index is 12.6. The van der Waals surface area contributed by atoms with Crippen LogP contribution < -0.4 is 0 Å². The zero-order valence-electron chi connectivity index (χ0n) is 10.2. The number of aryl methyl sites for hydroxylation is 1. The summed E-state index contributed by atoms with van der Waals surface area (Å²) < 4.78 is 39.0. The Morgan fingerprint density at radius 1 is 1.28 bits per heavy atom. The summed E-state index contributed by atoms with van der Waals surface area (Å²) in [5, 5.41) is 3.51. The van der Waals surface area contributed by atoms with E-state index < -0.39 is 11.9 Å². The molecule has 0 N–H and O–H groups in total. The van der Waals surface area contributed by atoms with Gasteiger partial charge in [0.05, 0.1) is 10.6 Å². The van der Waals surface area contributed by atoms with Gasteiger partial charge in [0.1, 0.15) is 0 Å². The van der Waals surface area contributed by atoms with Crippen molar-refractivity contribution in [1.29, 1.82) is 0 Å². The normalized spacial score (nSPS) is 12.4. The topological polar surface area (TPSA) is 17.8 Å². The first-order valence-corrected chi connectivity index (χ1v) is 6.32. The van der Waals surface area contributed by atoms with Crippen LogP contribution in [0.5, 0.6) is 0 Å². The summed E-state index contributed by atoms with van der Waals surface area (Å²) in [5.74, 6) is 0.374. The van der Waals surface area contributed by atoms with Gasteiger partial charge in [0.25, 0.3) is 0 Å². The summed E-state index contributed by atoms with van der Waals surface area (Å²) in [6, 6.07) is 4.89. The van der Waals surface area contributed by atoms with Gasteiger partial charge in [-0.15, -0.1) is 11.3 Å². The summed E-state index contributed by atoms with van der Waals surface area (Å²) in [6.45, 7) is 4.11. The smallest absolute Gasteiger partial charge is 0.267 e. The number of thiophene rings is 1. The molecule has 0 amide bonds. The minimum absolute atomic E-state index is 0.374. The lowest BCUT2D eigenvalue weighted by Gasteiger charge is -1.99. The number of rotatable bonds is 2. The van der Waals surface area contributed by atoms with Crippen molar-refractivity contribution in [2.75, 3.05) is 0 Å². The molecule has 0 atom stereocenters. The van der Waals surface area contributed by atoms with E-state index in [1.807, 2.05) is 12.1 Å².